The molecular formula is C18H13Cl2FN4O3. The predicted octanol–water partition coefficient (Wildman–Crippen LogP) is 3.82. The topological polar surface area (TPSA) is 86.1 Å². The number of hydrogen-bond acceptors (Lipinski definition) is 5. The summed E-state index contributed by atoms with van der Waals surface area (Å²) in [4.78, 5) is 28.2. The Labute approximate surface area is 169 Å². The van der Waals surface area contributed by atoms with Crippen molar-refractivity contribution in [1.29, 1.82) is 0 Å². The second-order valence-corrected chi connectivity index (χ2v) is 6.42. The molecule has 0 fully saturated rings. The Morgan fingerprint density at radius 3 is 2.54 bits per heavy atom. The van der Waals surface area contributed by atoms with E-state index in [1.54, 1.807) is 13.0 Å². The highest BCUT2D eigenvalue weighted by Crippen LogP contribution is 2.24. The van der Waals surface area contributed by atoms with Gasteiger partial charge in [-0.25, -0.2) is 18.9 Å². The Balaban J connectivity index is 1.68. The van der Waals surface area contributed by atoms with Crippen molar-refractivity contribution in [3.8, 4) is 5.69 Å². The van der Waals surface area contributed by atoms with Crippen molar-refractivity contribution < 1.29 is 18.7 Å². The first-order valence-electron chi connectivity index (χ1n) is 7.94. The highest BCUT2D eigenvalue weighted by atomic mass is 35.5. The number of aromatic nitrogens is 3. The summed E-state index contributed by atoms with van der Waals surface area (Å²) in [6.07, 6.45) is 1.37. The highest BCUT2D eigenvalue weighted by Gasteiger charge is 2.23. The molecule has 0 aliphatic heterocycles. The summed E-state index contributed by atoms with van der Waals surface area (Å²) >= 11 is 12.0. The van der Waals surface area contributed by atoms with Crippen LogP contribution < -0.4 is 5.32 Å². The number of carbonyl (C=O) groups excluding carboxylic acids is 2. The largest absolute Gasteiger partial charge is 0.452 e. The SMILES string of the molecule is Cc1nn(-c2ccc(F)cc2)c(Cl)c1C(=O)OCC(=O)Nc1ccc(Cl)cn1. The van der Waals surface area contributed by atoms with Gasteiger partial charge >= 0.3 is 5.97 Å². The van der Waals surface area contributed by atoms with E-state index in [1.807, 2.05) is 0 Å². The molecule has 3 rings (SSSR count). The van der Waals surface area contributed by atoms with Gasteiger partial charge in [-0.05, 0) is 43.3 Å². The number of benzene rings is 1. The van der Waals surface area contributed by atoms with Crippen LogP contribution in [0.4, 0.5) is 10.2 Å². The number of esters is 1. The Morgan fingerprint density at radius 2 is 1.89 bits per heavy atom. The number of amides is 1. The van der Waals surface area contributed by atoms with Gasteiger partial charge < -0.3 is 10.1 Å². The lowest BCUT2D eigenvalue weighted by Crippen LogP contribution is -2.21. The molecule has 0 spiro atoms. The van der Waals surface area contributed by atoms with Gasteiger partial charge in [-0.1, -0.05) is 23.2 Å². The van der Waals surface area contributed by atoms with Crippen LogP contribution in [-0.2, 0) is 9.53 Å². The van der Waals surface area contributed by atoms with Gasteiger partial charge in [0.2, 0.25) is 0 Å². The van der Waals surface area contributed by atoms with Crippen LogP contribution in [0.1, 0.15) is 16.1 Å². The molecule has 28 heavy (non-hydrogen) atoms. The third kappa shape index (κ3) is 4.47. The highest BCUT2D eigenvalue weighted by molar-refractivity contribution is 6.33. The van der Waals surface area contributed by atoms with Gasteiger partial charge in [0.05, 0.1) is 16.4 Å². The first-order valence-corrected chi connectivity index (χ1v) is 8.70. The molecule has 0 aliphatic rings. The molecule has 0 saturated carbocycles. The molecule has 2 heterocycles. The Hall–Kier alpha value is -2.97. The Morgan fingerprint density at radius 1 is 1.18 bits per heavy atom. The third-order valence-corrected chi connectivity index (χ3v) is 4.18. The first-order chi connectivity index (χ1) is 13.3. The number of aryl methyl sites for hydroxylation is 1. The van der Waals surface area contributed by atoms with Crippen molar-refractivity contribution >= 4 is 40.9 Å². The van der Waals surface area contributed by atoms with Gasteiger partial charge in [0, 0.05) is 6.20 Å². The Kier molecular flexibility index (Phi) is 5.91. The molecule has 0 atom stereocenters. The zero-order valence-corrected chi connectivity index (χ0v) is 16.0. The van der Waals surface area contributed by atoms with E-state index in [9.17, 15) is 14.0 Å². The predicted molar refractivity (Wildman–Crippen MR) is 101 cm³/mol. The minimum Gasteiger partial charge on any atom is -0.452 e. The van der Waals surface area contributed by atoms with E-state index in [4.69, 9.17) is 27.9 Å². The van der Waals surface area contributed by atoms with Crippen LogP contribution in [0.5, 0.6) is 0 Å². The molecule has 144 valence electrons. The summed E-state index contributed by atoms with van der Waals surface area (Å²) in [5.41, 5.74) is 0.794. The monoisotopic (exact) mass is 422 g/mol. The van der Waals surface area contributed by atoms with Gasteiger partial charge in [0.15, 0.2) is 6.61 Å². The summed E-state index contributed by atoms with van der Waals surface area (Å²) < 4.78 is 19.4. The van der Waals surface area contributed by atoms with Crippen molar-refractivity contribution in [3.63, 3.8) is 0 Å². The zero-order chi connectivity index (χ0) is 20.3. The molecule has 10 heteroatoms. The van der Waals surface area contributed by atoms with Crippen molar-refractivity contribution in [2.75, 3.05) is 11.9 Å². The fourth-order valence-electron chi connectivity index (χ4n) is 2.32. The van der Waals surface area contributed by atoms with Crippen molar-refractivity contribution in [2.24, 2.45) is 0 Å². The quantitative estimate of drug-likeness (QED) is 0.631. The number of pyridine rings is 1. The van der Waals surface area contributed by atoms with Gasteiger partial charge in [-0.3, -0.25) is 4.79 Å². The summed E-state index contributed by atoms with van der Waals surface area (Å²) in [5.74, 6) is -1.54. The van der Waals surface area contributed by atoms with Crippen molar-refractivity contribution in [3.05, 3.63) is 69.8 Å². The molecule has 1 N–H and O–H groups in total. The molecule has 7 nitrogen and oxygen atoms in total. The molecule has 0 radical (unpaired) electrons. The van der Waals surface area contributed by atoms with E-state index in [-0.39, 0.29) is 16.5 Å². The van der Waals surface area contributed by atoms with Gasteiger partial charge in [0.25, 0.3) is 5.91 Å². The molecule has 3 aromatic rings. The van der Waals surface area contributed by atoms with Crippen LogP contribution in [0.3, 0.4) is 0 Å². The van der Waals surface area contributed by atoms with E-state index in [1.165, 1.54) is 41.2 Å². The third-order valence-electron chi connectivity index (χ3n) is 3.61. The number of halogens is 3. The second kappa shape index (κ2) is 8.37. The van der Waals surface area contributed by atoms with E-state index in [0.717, 1.165) is 0 Å². The maximum Gasteiger partial charge on any atom is 0.343 e. The minimum atomic E-state index is -0.810. The van der Waals surface area contributed by atoms with E-state index >= 15 is 0 Å². The summed E-state index contributed by atoms with van der Waals surface area (Å²) in [5, 5.41) is 7.06. The van der Waals surface area contributed by atoms with E-state index in [2.05, 4.69) is 15.4 Å². The van der Waals surface area contributed by atoms with Gasteiger partial charge in [-0.2, -0.15) is 5.10 Å². The summed E-state index contributed by atoms with van der Waals surface area (Å²) in [6.45, 7) is 1.03. The molecule has 0 unspecified atom stereocenters. The zero-order valence-electron chi connectivity index (χ0n) is 14.4. The molecule has 1 amide bonds. The fraction of sp³-hybridized carbons (Fsp3) is 0.111. The lowest BCUT2D eigenvalue weighted by molar-refractivity contribution is -0.119. The smallest absolute Gasteiger partial charge is 0.343 e. The summed E-state index contributed by atoms with van der Waals surface area (Å²) in [7, 11) is 0. The number of nitrogens with one attached hydrogen (secondary N) is 1. The van der Waals surface area contributed by atoms with Crippen LogP contribution in [-0.4, -0.2) is 33.2 Å². The molecule has 0 bridgehead atoms. The van der Waals surface area contributed by atoms with Gasteiger partial charge in [-0.15, -0.1) is 0 Å². The number of anilines is 1. The average molecular weight is 423 g/mol. The standard InChI is InChI=1S/C18H13Cl2FN4O3/c1-10-16(17(20)25(24-10)13-5-3-12(21)4-6-13)18(27)28-9-15(26)23-14-7-2-11(19)8-22-14/h2-8H,9H2,1H3,(H,22,23,26). The van der Waals surface area contributed by atoms with Crippen LogP contribution in [0, 0.1) is 12.7 Å². The van der Waals surface area contributed by atoms with Crippen LogP contribution in [0.2, 0.25) is 10.2 Å². The fourth-order valence-corrected chi connectivity index (χ4v) is 2.78. The second-order valence-electron chi connectivity index (χ2n) is 5.63. The molecule has 0 saturated heterocycles. The molecule has 2 aromatic heterocycles. The van der Waals surface area contributed by atoms with E-state index in [0.29, 0.717) is 16.4 Å². The normalized spacial score (nSPS) is 10.6. The minimum absolute atomic E-state index is 0.00566. The number of carbonyl (C=O) groups is 2. The average Bonchev–Trinajstić information content (AvgIpc) is 2.96. The van der Waals surface area contributed by atoms with E-state index < -0.39 is 24.3 Å². The lowest BCUT2D eigenvalue weighted by Gasteiger charge is -2.06. The maximum atomic E-state index is 13.1. The molecule has 0 aliphatic carbocycles. The van der Waals surface area contributed by atoms with Crippen molar-refractivity contribution in [2.45, 2.75) is 6.92 Å². The van der Waals surface area contributed by atoms with Crippen LogP contribution in [0.15, 0.2) is 42.6 Å². The molecular weight excluding hydrogens is 410 g/mol. The Bertz CT molecular complexity index is 1020. The molecule has 1 aromatic carbocycles. The number of hydrogen-bond donors (Lipinski definition) is 1. The number of nitrogens with zero attached hydrogens (tertiary/aromatic N) is 3. The van der Waals surface area contributed by atoms with Crippen LogP contribution in [0.25, 0.3) is 5.69 Å². The maximum absolute atomic E-state index is 13.1. The van der Waals surface area contributed by atoms with Gasteiger partial charge in [0.1, 0.15) is 22.4 Å². The lowest BCUT2D eigenvalue weighted by atomic mass is 10.2. The first kappa shape index (κ1) is 19.8. The number of ether oxygens (including phenoxy) is 1. The van der Waals surface area contributed by atoms with Crippen LogP contribution >= 0.6 is 23.2 Å². The number of rotatable bonds is 5. The summed E-state index contributed by atoms with van der Waals surface area (Å²) in [6, 6.07) is 8.50. The van der Waals surface area contributed by atoms with Crippen molar-refractivity contribution in [1.82, 2.24) is 14.8 Å².